The van der Waals surface area contributed by atoms with Crippen molar-refractivity contribution in [3.63, 3.8) is 0 Å². The molecule has 6 heteroatoms. The highest BCUT2D eigenvalue weighted by Crippen LogP contribution is 2.46. The smallest absolute Gasteiger partial charge is 0.0562 e. The Morgan fingerprint density at radius 3 is 0.867 bits per heavy atom. The molecule has 6 aromatic heterocycles. The Bertz CT molecular complexity index is 6310. The van der Waals surface area contributed by atoms with E-state index in [0.29, 0.717) is 0 Å². The van der Waals surface area contributed by atoms with Crippen molar-refractivity contribution < 1.29 is 0 Å². The Kier molecular flexibility index (Phi) is 10.2. The van der Waals surface area contributed by atoms with Gasteiger partial charge in [0.1, 0.15) is 0 Å². The third kappa shape index (κ3) is 6.81. The molecule has 0 aliphatic rings. The average molecular weight is 1150 g/mol. The minimum Gasteiger partial charge on any atom is -0.309 e. The van der Waals surface area contributed by atoms with Crippen molar-refractivity contribution in [2.75, 3.05) is 0 Å². The van der Waals surface area contributed by atoms with Gasteiger partial charge < -0.3 is 27.4 Å². The molecule has 0 bridgehead atoms. The molecule has 0 N–H and O–H groups in total. The average Bonchev–Trinajstić information content (AvgIpc) is 1.64. The summed E-state index contributed by atoms with van der Waals surface area (Å²) in [4.78, 5) is 0. The van der Waals surface area contributed by atoms with E-state index in [4.69, 9.17) is 0 Å². The van der Waals surface area contributed by atoms with Crippen molar-refractivity contribution >= 4 is 131 Å². The summed E-state index contributed by atoms with van der Waals surface area (Å²) in [5.74, 6) is 0. The highest BCUT2D eigenvalue weighted by molar-refractivity contribution is 6.29. The number of rotatable bonds is 7. The highest BCUT2D eigenvalue weighted by atomic mass is 15.0. The third-order valence-corrected chi connectivity index (χ3v) is 19.4. The van der Waals surface area contributed by atoms with Gasteiger partial charge in [-0.1, -0.05) is 164 Å². The molecular formula is C84H52N6. The van der Waals surface area contributed by atoms with Crippen LogP contribution in [0.25, 0.3) is 176 Å². The van der Waals surface area contributed by atoms with Crippen LogP contribution in [0.15, 0.2) is 315 Å². The maximum atomic E-state index is 2.48. The topological polar surface area (TPSA) is 29.6 Å². The van der Waals surface area contributed by atoms with Crippen LogP contribution in [0.4, 0.5) is 0 Å². The van der Waals surface area contributed by atoms with Crippen molar-refractivity contribution in [2.24, 2.45) is 0 Å². The van der Waals surface area contributed by atoms with Crippen molar-refractivity contribution in [1.82, 2.24) is 27.4 Å². The monoisotopic (exact) mass is 1140 g/mol. The van der Waals surface area contributed by atoms with Crippen LogP contribution >= 0.6 is 0 Å². The second-order valence-electron chi connectivity index (χ2n) is 24.0. The highest BCUT2D eigenvalue weighted by Gasteiger charge is 2.24. The molecular weight excluding hydrogens is 1090 g/mol. The van der Waals surface area contributed by atoms with Gasteiger partial charge in [0, 0.05) is 98.8 Å². The summed E-state index contributed by atoms with van der Waals surface area (Å²) >= 11 is 0. The van der Waals surface area contributed by atoms with Crippen LogP contribution in [0, 0.1) is 0 Å². The molecule has 0 radical (unpaired) electrons. The number of para-hydroxylation sites is 8. The molecule has 14 aromatic carbocycles. The zero-order valence-corrected chi connectivity index (χ0v) is 48.7. The molecule has 0 unspecified atom stereocenters. The molecule has 0 amide bonds. The number of hydrogen-bond donors (Lipinski definition) is 0. The molecule has 0 fully saturated rings. The quantitative estimate of drug-likeness (QED) is 0.152. The first-order chi connectivity index (χ1) is 44.7. The molecule has 20 aromatic rings. The van der Waals surface area contributed by atoms with Gasteiger partial charge in [-0.15, -0.1) is 0 Å². The van der Waals surface area contributed by atoms with Crippen LogP contribution in [0.3, 0.4) is 0 Å². The Balaban J connectivity index is 0.758. The second kappa shape index (κ2) is 18.7. The molecule has 0 atom stereocenters. The SMILES string of the molecule is c1ccc(-n2c3ccccc3c3cc4c5cc(-c6cccc7c6c6ccccc6n7-c6ccc(-n7c8ccccc8c8c9c%10ccccc%10n(-c%10ccccc%10)c9ccc87)cc6)ccc5n(-c5ccc(-n6c7ccccc7c7ccccc76)cc5)c4cc32)cc1. The molecule has 0 aliphatic heterocycles. The summed E-state index contributed by atoms with van der Waals surface area (Å²) in [6.07, 6.45) is 0. The van der Waals surface area contributed by atoms with Gasteiger partial charge in [0.2, 0.25) is 0 Å². The van der Waals surface area contributed by atoms with Gasteiger partial charge in [0.15, 0.2) is 0 Å². The fraction of sp³-hybridized carbons (Fsp3) is 0. The molecule has 6 nitrogen and oxygen atoms in total. The van der Waals surface area contributed by atoms with E-state index in [0.717, 1.165) is 50.7 Å². The van der Waals surface area contributed by atoms with Crippen molar-refractivity contribution in [1.29, 1.82) is 0 Å². The first-order valence-electron chi connectivity index (χ1n) is 31.0. The lowest BCUT2D eigenvalue weighted by atomic mass is 9.97. The van der Waals surface area contributed by atoms with E-state index in [9.17, 15) is 0 Å². The van der Waals surface area contributed by atoms with Crippen LogP contribution in [-0.4, -0.2) is 27.4 Å². The molecule has 0 saturated carbocycles. The minimum absolute atomic E-state index is 1.10. The van der Waals surface area contributed by atoms with Gasteiger partial charge in [0.05, 0.1) is 66.2 Å². The normalized spacial score (nSPS) is 12.2. The summed E-state index contributed by atoms with van der Waals surface area (Å²) in [7, 11) is 0. The summed E-state index contributed by atoms with van der Waals surface area (Å²) < 4.78 is 14.6. The van der Waals surface area contributed by atoms with Gasteiger partial charge >= 0.3 is 0 Å². The summed E-state index contributed by atoms with van der Waals surface area (Å²) in [5.41, 5.74) is 23.3. The van der Waals surface area contributed by atoms with Crippen LogP contribution in [0.2, 0.25) is 0 Å². The standard InChI is InChI=1S/C84H52N6/c1-3-20-54(21-4-1)86-74-35-17-11-28-65(74)83-78(86)48-49-79-84(83)66-29-12-18-36-75(66)88(79)58-43-41-57(42-44-58)87-73-34-16-10-27-64(73)82-60(30-19-37-77(82)87)53-38-47-76-67(50-53)69-51-68-63-26-9-15-33-72(63)89(55-22-5-2-6-23-55)80(68)52-81(69)90(76)59-45-39-56(40-46-59)85-70-31-13-7-24-61(70)62-25-8-14-32-71(62)85/h1-52H. The number of aromatic nitrogens is 6. The first-order valence-corrected chi connectivity index (χ1v) is 31.0. The lowest BCUT2D eigenvalue weighted by Crippen LogP contribution is -1.98. The Labute approximate surface area is 516 Å². The van der Waals surface area contributed by atoms with E-state index >= 15 is 0 Å². The van der Waals surface area contributed by atoms with Crippen molar-refractivity contribution in [3.8, 4) is 45.3 Å². The van der Waals surface area contributed by atoms with Crippen molar-refractivity contribution in [2.45, 2.75) is 0 Å². The van der Waals surface area contributed by atoms with Crippen LogP contribution in [-0.2, 0) is 0 Å². The van der Waals surface area contributed by atoms with E-state index in [1.54, 1.807) is 0 Å². The fourth-order valence-electron chi connectivity index (χ4n) is 15.7. The van der Waals surface area contributed by atoms with Crippen LogP contribution in [0.5, 0.6) is 0 Å². The van der Waals surface area contributed by atoms with Gasteiger partial charge in [0.25, 0.3) is 0 Å². The van der Waals surface area contributed by atoms with Crippen LogP contribution in [0.1, 0.15) is 0 Å². The number of fused-ring (bicyclic) bond motifs is 19. The molecule has 0 spiro atoms. The largest absolute Gasteiger partial charge is 0.309 e. The molecule has 6 heterocycles. The predicted octanol–water partition coefficient (Wildman–Crippen LogP) is 21.9. The Morgan fingerprint density at radius 1 is 0.144 bits per heavy atom. The van der Waals surface area contributed by atoms with Gasteiger partial charge in [-0.3, -0.25) is 0 Å². The Morgan fingerprint density at radius 2 is 0.422 bits per heavy atom. The van der Waals surface area contributed by atoms with E-state index < -0.39 is 0 Å². The maximum absolute atomic E-state index is 2.48. The van der Waals surface area contributed by atoms with E-state index in [2.05, 4.69) is 343 Å². The van der Waals surface area contributed by atoms with Crippen LogP contribution < -0.4 is 0 Å². The number of hydrogen-bond acceptors (Lipinski definition) is 0. The summed E-state index contributed by atoms with van der Waals surface area (Å²) in [6, 6.07) is 117. The molecule has 20 rings (SSSR count). The van der Waals surface area contributed by atoms with Crippen molar-refractivity contribution in [3.05, 3.63) is 315 Å². The zero-order valence-electron chi connectivity index (χ0n) is 48.7. The summed E-state index contributed by atoms with van der Waals surface area (Å²) in [6.45, 7) is 0. The van der Waals surface area contributed by atoms with E-state index in [1.165, 1.54) is 125 Å². The molecule has 0 saturated heterocycles. The molecule has 0 aliphatic carbocycles. The maximum Gasteiger partial charge on any atom is 0.0562 e. The second-order valence-corrected chi connectivity index (χ2v) is 24.0. The summed E-state index contributed by atoms with van der Waals surface area (Å²) in [5, 5.41) is 14.9. The van der Waals surface area contributed by atoms with Gasteiger partial charge in [-0.05, 0) is 163 Å². The minimum atomic E-state index is 1.10. The number of nitrogens with zero attached hydrogens (tertiary/aromatic N) is 6. The third-order valence-electron chi connectivity index (χ3n) is 19.4. The zero-order chi connectivity index (χ0) is 58.7. The number of benzene rings is 14. The first kappa shape index (κ1) is 49.0. The lowest BCUT2D eigenvalue weighted by molar-refractivity contribution is 1.14. The Hall–Kier alpha value is -12.1. The molecule has 90 heavy (non-hydrogen) atoms. The van der Waals surface area contributed by atoms with E-state index in [1.807, 2.05) is 0 Å². The van der Waals surface area contributed by atoms with E-state index in [-0.39, 0.29) is 0 Å². The lowest BCUT2D eigenvalue weighted by Gasteiger charge is -2.13. The fourth-order valence-corrected chi connectivity index (χ4v) is 15.7. The molecule has 418 valence electrons. The predicted molar refractivity (Wildman–Crippen MR) is 378 cm³/mol. The van der Waals surface area contributed by atoms with Gasteiger partial charge in [-0.25, -0.2) is 0 Å². The van der Waals surface area contributed by atoms with Gasteiger partial charge in [-0.2, -0.15) is 0 Å².